The van der Waals surface area contributed by atoms with Crippen molar-refractivity contribution >= 4 is 22.7 Å². The molecule has 2 nitrogen and oxygen atoms in total. The van der Waals surface area contributed by atoms with Crippen LogP contribution in [0.3, 0.4) is 0 Å². The number of benzene rings is 2. The Kier molecular flexibility index (Phi) is 2.37. The lowest BCUT2D eigenvalue weighted by Crippen LogP contribution is -1.77. The first-order chi connectivity index (χ1) is 8.22. The van der Waals surface area contributed by atoms with E-state index in [0.717, 1.165) is 11.1 Å². The molecular formula is C14H10ClNO. The van der Waals surface area contributed by atoms with Gasteiger partial charge in [0.15, 0.2) is 5.58 Å². The summed E-state index contributed by atoms with van der Waals surface area (Å²) in [5.74, 6) is 0.627. The predicted octanol–water partition coefficient (Wildman–Crippen LogP) is 4.46. The number of oxazole rings is 1. The molecular weight excluding hydrogens is 234 g/mol. The van der Waals surface area contributed by atoms with Crippen LogP contribution in [0.25, 0.3) is 22.6 Å². The van der Waals surface area contributed by atoms with Crippen LogP contribution in [-0.4, -0.2) is 4.98 Å². The first-order valence-electron chi connectivity index (χ1n) is 5.35. The summed E-state index contributed by atoms with van der Waals surface area (Å²) >= 11 is 5.91. The molecule has 0 bridgehead atoms. The number of fused-ring (bicyclic) bond motifs is 1. The summed E-state index contributed by atoms with van der Waals surface area (Å²) in [6.45, 7) is 2.05. The Balaban J connectivity index is 2.14. The summed E-state index contributed by atoms with van der Waals surface area (Å²) < 4.78 is 5.68. The molecule has 0 aliphatic rings. The lowest BCUT2D eigenvalue weighted by Gasteiger charge is -1.95. The number of aromatic nitrogens is 1. The van der Waals surface area contributed by atoms with Gasteiger partial charge in [-0.05, 0) is 31.2 Å². The molecule has 2 aromatic carbocycles. The van der Waals surface area contributed by atoms with Crippen LogP contribution >= 0.6 is 11.6 Å². The quantitative estimate of drug-likeness (QED) is 0.631. The number of halogens is 1. The molecule has 0 atom stereocenters. The molecule has 3 heteroatoms. The van der Waals surface area contributed by atoms with Gasteiger partial charge in [0.25, 0.3) is 0 Å². The maximum atomic E-state index is 5.91. The molecule has 0 unspecified atom stereocenters. The van der Waals surface area contributed by atoms with Crippen LogP contribution in [0.5, 0.6) is 0 Å². The van der Waals surface area contributed by atoms with Crippen LogP contribution in [0.4, 0.5) is 0 Å². The van der Waals surface area contributed by atoms with Gasteiger partial charge in [-0.25, -0.2) is 4.98 Å². The van der Waals surface area contributed by atoms with Crippen molar-refractivity contribution in [3.8, 4) is 11.5 Å². The van der Waals surface area contributed by atoms with Gasteiger partial charge in [-0.3, -0.25) is 0 Å². The van der Waals surface area contributed by atoms with Gasteiger partial charge in [-0.2, -0.15) is 0 Å². The highest BCUT2D eigenvalue weighted by molar-refractivity contribution is 6.31. The largest absolute Gasteiger partial charge is 0.436 e. The fourth-order valence-corrected chi connectivity index (χ4v) is 1.88. The smallest absolute Gasteiger partial charge is 0.227 e. The molecule has 0 saturated heterocycles. The summed E-state index contributed by atoms with van der Waals surface area (Å²) in [5, 5.41) is 0.657. The van der Waals surface area contributed by atoms with Crippen molar-refractivity contribution in [3.63, 3.8) is 0 Å². The maximum Gasteiger partial charge on any atom is 0.227 e. The van der Waals surface area contributed by atoms with Crippen LogP contribution in [0.2, 0.25) is 5.02 Å². The lowest BCUT2D eigenvalue weighted by atomic mass is 10.1. The summed E-state index contributed by atoms with van der Waals surface area (Å²) in [6, 6.07) is 13.5. The van der Waals surface area contributed by atoms with Crippen molar-refractivity contribution < 1.29 is 4.42 Å². The van der Waals surface area contributed by atoms with Crippen LogP contribution in [0.1, 0.15) is 5.56 Å². The number of hydrogen-bond acceptors (Lipinski definition) is 2. The molecule has 3 rings (SSSR count). The minimum atomic E-state index is 0.627. The number of rotatable bonds is 1. The van der Waals surface area contributed by atoms with E-state index in [1.54, 1.807) is 6.07 Å². The maximum absolute atomic E-state index is 5.91. The molecule has 0 aliphatic carbocycles. The van der Waals surface area contributed by atoms with Crippen LogP contribution < -0.4 is 0 Å². The van der Waals surface area contributed by atoms with E-state index in [1.165, 1.54) is 5.56 Å². The van der Waals surface area contributed by atoms with E-state index in [0.29, 0.717) is 16.5 Å². The van der Waals surface area contributed by atoms with Crippen LogP contribution in [0.15, 0.2) is 46.9 Å². The highest BCUT2D eigenvalue weighted by Crippen LogP contribution is 2.26. The predicted molar refractivity (Wildman–Crippen MR) is 69.2 cm³/mol. The summed E-state index contributed by atoms with van der Waals surface area (Å²) in [5.41, 5.74) is 3.73. The van der Waals surface area contributed by atoms with Gasteiger partial charge in [0.1, 0.15) is 5.52 Å². The Morgan fingerprint density at radius 1 is 1.06 bits per heavy atom. The first kappa shape index (κ1) is 10.4. The third-order valence-corrected chi connectivity index (χ3v) is 2.88. The summed E-state index contributed by atoms with van der Waals surface area (Å²) in [4.78, 5) is 4.43. The van der Waals surface area contributed by atoms with Crippen molar-refractivity contribution in [2.24, 2.45) is 0 Å². The van der Waals surface area contributed by atoms with E-state index in [1.807, 2.05) is 36.4 Å². The zero-order valence-corrected chi connectivity index (χ0v) is 10.0. The molecule has 3 aromatic rings. The number of aryl methyl sites for hydroxylation is 1. The second-order valence-corrected chi connectivity index (χ2v) is 4.43. The lowest BCUT2D eigenvalue weighted by molar-refractivity contribution is 0.620. The molecule has 17 heavy (non-hydrogen) atoms. The van der Waals surface area contributed by atoms with Crippen molar-refractivity contribution in [3.05, 3.63) is 53.1 Å². The normalized spacial score (nSPS) is 10.9. The van der Waals surface area contributed by atoms with Crippen molar-refractivity contribution in [2.45, 2.75) is 6.92 Å². The molecule has 1 heterocycles. The van der Waals surface area contributed by atoms with Crippen molar-refractivity contribution in [1.29, 1.82) is 0 Å². The first-order valence-corrected chi connectivity index (χ1v) is 5.73. The third kappa shape index (κ3) is 1.92. The zero-order valence-electron chi connectivity index (χ0n) is 9.27. The summed E-state index contributed by atoms with van der Waals surface area (Å²) in [6.07, 6.45) is 0. The molecule has 0 spiro atoms. The van der Waals surface area contributed by atoms with E-state index < -0.39 is 0 Å². The minimum absolute atomic E-state index is 0.627. The number of hydrogen-bond donors (Lipinski definition) is 0. The highest BCUT2D eigenvalue weighted by atomic mass is 35.5. The Hall–Kier alpha value is -1.80. The van der Waals surface area contributed by atoms with E-state index in [9.17, 15) is 0 Å². The average molecular weight is 244 g/mol. The molecule has 0 N–H and O–H groups in total. The van der Waals surface area contributed by atoms with E-state index in [2.05, 4.69) is 11.9 Å². The van der Waals surface area contributed by atoms with Gasteiger partial charge in [0, 0.05) is 16.7 Å². The molecule has 0 radical (unpaired) electrons. The fraction of sp³-hybridized carbons (Fsp3) is 0.0714. The standard InChI is InChI=1S/C14H10ClNO/c1-9-2-4-10(5-3-9)14-16-12-7-6-11(15)8-13(12)17-14/h2-8H,1H3. The molecule has 1 aromatic heterocycles. The van der Waals surface area contributed by atoms with Crippen molar-refractivity contribution in [2.75, 3.05) is 0 Å². The third-order valence-electron chi connectivity index (χ3n) is 2.65. The number of nitrogens with zero attached hydrogens (tertiary/aromatic N) is 1. The monoisotopic (exact) mass is 243 g/mol. The molecule has 0 saturated carbocycles. The van der Waals surface area contributed by atoms with Crippen LogP contribution in [-0.2, 0) is 0 Å². The van der Waals surface area contributed by atoms with E-state index in [4.69, 9.17) is 16.0 Å². The Morgan fingerprint density at radius 2 is 1.82 bits per heavy atom. The SMILES string of the molecule is Cc1ccc(-c2nc3ccc(Cl)cc3o2)cc1. The van der Waals surface area contributed by atoms with Gasteiger partial charge in [-0.1, -0.05) is 29.3 Å². The highest BCUT2D eigenvalue weighted by Gasteiger charge is 2.07. The van der Waals surface area contributed by atoms with Gasteiger partial charge in [0.05, 0.1) is 0 Å². The Morgan fingerprint density at radius 3 is 2.59 bits per heavy atom. The average Bonchev–Trinajstić information content (AvgIpc) is 2.72. The van der Waals surface area contributed by atoms with Gasteiger partial charge in [0.2, 0.25) is 5.89 Å². The van der Waals surface area contributed by atoms with Gasteiger partial charge in [-0.15, -0.1) is 0 Å². The summed E-state index contributed by atoms with van der Waals surface area (Å²) in [7, 11) is 0. The Bertz CT molecular complexity index is 670. The molecule has 84 valence electrons. The van der Waals surface area contributed by atoms with Gasteiger partial charge < -0.3 is 4.42 Å². The molecule has 0 aliphatic heterocycles. The second kappa shape index (κ2) is 3.90. The zero-order chi connectivity index (χ0) is 11.8. The van der Waals surface area contributed by atoms with Crippen molar-refractivity contribution in [1.82, 2.24) is 4.98 Å². The fourth-order valence-electron chi connectivity index (χ4n) is 1.72. The minimum Gasteiger partial charge on any atom is -0.436 e. The van der Waals surface area contributed by atoms with Gasteiger partial charge >= 0.3 is 0 Å². The van der Waals surface area contributed by atoms with E-state index >= 15 is 0 Å². The molecule has 0 fully saturated rings. The topological polar surface area (TPSA) is 26.0 Å². The Labute approximate surface area is 104 Å². The molecule has 0 amide bonds. The second-order valence-electron chi connectivity index (χ2n) is 4.00. The van der Waals surface area contributed by atoms with E-state index in [-0.39, 0.29) is 0 Å². The van der Waals surface area contributed by atoms with Crippen LogP contribution in [0, 0.1) is 6.92 Å².